The van der Waals surface area contributed by atoms with Crippen molar-refractivity contribution in [1.82, 2.24) is 15.8 Å². The van der Waals surface area contributed by atoms with Gasteiger partial charge in [-0.05, 0) is 62.2 Å². The van der Waals surface area contributed by atoms with Gasteiger partial charge in [-0.3, -0.25) is 25.3 Å². The summed E-state index contributed by atoms with van der Waals surface area (Å²) in [5, 5.41) is 0. The zero-order valence-electron chi connectivity index (χ0n) is 16.6. The number of nitrogens with zero attached hydrogens (tertiary/aromatic N) is 1. The highest BCUT2D eigenvalue weighted by molar-refractivity contribution is 5.99. The maximum absolute atomic E-state index is 12.2. The molecule has 0 unspecified atom stereocenters. The van der Waals surface area contributed by atoms with Gasteiger partial charge >= 0.3 is 0 Å². The first kappa shape index (κ1) is 20.6. The van der Waals surface area contributed by atoms with Crippen LogP contribution in [0, 0.1) is 0 Å². The van der Waals surface area contributed by atoms with E-state index in [1.165, 1.54) is 0 Å². The van der Waals surface area contributed by atoms with Crippen LogP contribution in [0.15, 0.2) is 48.5 Å². The SMILES string of the molecule is CCc1ccc(C(=O)NNC(=O)c2ccc(CN(CC)C(C)C)cc2)cc1. The van der Waals surface area contributed by atoms with E-state index in [-0.39, 0.29) is 11.8 Å². The third kappa shape index (κ3) is 5.93. The number of benzene rings is 2. The molecule has 2 aromatic rings. The summed E-state index contributed by atoms with van der Waals surface area (Å²) in [4.78, 5) is 26.7. The predicted octanol–water partition coefficient (Wildman–Crippen LogP) is 3.55. The zero-order valence-corrected chi connectivity index (χ0v) is 16.6. The van der Waals surface area contributed by atoms with Crippen LogP contribution < -0.4 is 10.9 Å². The summed E-state index contributed by atoms with van der Waals surface area (Å²) >= 11 is 0. The maximum atomic E-state index is 12.2. The molecule has 27 heavy (non-hydrogen) atoms. The molecule has 2 N–H and O–H groups in total. The summed E-state index contributed by atoms with van der Waals surface area (Å²) in [6, 6.07) is 15.3. The molecule has 2 aromatic carbocycles. The predicted molar refractivity (Wildman–Crippen MR) is 108 cm³/mol. The number of hydrogen-bond donors (Lipinski definition) is 2. The van der Waals surface area contributed by atoms with Crippen LogP contribution in [-0.2, 0) is 13.0 Å². The fourth-order valence-electron chi connectivity index (χ4n) is 2.81. The molecule has 0 spiro atoms. The molecule has 0 aliphatic rings. The Morgan fingerprint density at radius 3 is 1.63 bits per heavy atom. The van der Waals surface area contributed by atoms with Crippen molar-refractivity contribution in [3.8, 4) is 0 Å². The van der Waals surface area contributed by atoms with E-state index >= 15 is 0 Å². The van der Waals surface area contributed by atoms with Gasteiger partial charge in [-0.1, -0.05) is 38.1 Å². The summed E-state index contributed by atoms with van der Waals surface area (Å²) in [5.74, 6) is -0.672. The van der Waals surface area contributed by atoms with Gasteiger partial charge in [-0.25, -0.2) is 0 Å². The van der Waals surface area contributed by atoms with E-state index in [4.69, 9.17) is 0 Å². The second kappa shape index (κ2) is 9.88. The van der Waals surface area contributed by atoms with E-state index in [0.717, 1.165) is 30.6 Å². The molecule has 2 amide bonds. The quantitative estimate of drug-likeness (QED) is 0.736. The van der Waals surface area contributed by atoms with Gasteiger partial charge in [0.25, 0.3) is 11.8 Å². The van der Waals surface area contributed by atoms with Crippen molar-refractivity contribution in [2.75, 3.05) is 6.54 Å². The largest absolute Gasteiger partial charge is 0.297 e. The van der Waals surface area contributed by atoms with Crippen LogP contribution >= 0.6 is 0 Å². The fourth-order valence-corrected chi connectivity index (χ4v) is 2.81. The minimum Gasteiger partial charge on any atom is -0.297 e. The van der Waals surface area contributed by atoms with Crippen LogP contribution in [-0.4, -0.2) is 29.3 Å². The fraction of sp³-hybridized carbons (Fsp3) is 0.364. The Hall–Kier alpha value is -2.66. The standard InChI is InChI=1S/C22H29N3O2/c1-5-17-7-11-19(12-8-17)21(26)23-24-22(27)20-13-9-18(10-14-20)15-25(6-2)16(3)4/h7-14,16H,5-6,15H2,1-4H3,(H,23,26)(H,24,27). The number of amides is 2. The molecule has 0 fully saturated rings. The molecule has 144 valence electrons. The summed E-state index contributed by atoms with van der Waals surface area (Å²) < 4.78 is 0. The molecule has 0 bridgehead atoms. The molecule has 0 heterocycles. The van der Waals surface area contributed by atoms with Gasteiger partial charge in [0, 0.05) is 23.7 Å². The van der Waals surface area contributed by atoms with Gasteiger partial charge in [0.2, 0.25) is 0 Å². The van der Waals surface area contributed by atoms with Gasteiger partial charge < -0.3 is 0 Å². The molecule has 0 saturated heterocycles. The minimum absolute atomic E-state index is 0.335. The number of carbonyl (C=O) groups is 2. The maximum Gasteiger partial charge on any atom is 0.269 e. The lowest BCUT2D eigenvalue weighted by molar-refractivity contribution is 0.0846. The Balaban J connectivity index is 1.90. The molecule has 5 heteroatoms. The Labute approximate surface area is 161 Å². The second-order valence-electron chi connectivity index (χ2n) is 6.81. The van der Waals surface area contributed by atoms with E-state index in [1.807, 2.05) is 24.3 Å². The Morgan fingerprint density at radius 1 is 0.815 bits per heavy atom. The van der Waals surface area contributed by atoms with Crippen molar-refractivity contribution in [1.29, 1.82) is 0 Å². The van der Waals surface area contributed by atoms with Crippen LogP contribution in [0.5, 0.6) is 0 Å². The van der Waals surface area contributed by atoms with Crippen LogP contribution in [0.4, 0.5) is 0 Å². The average Bonchev–Trinajstić information content (AvgIpc) is 2.70. The highest BCUT2D eigenvalue weighted by Gasteiger charge is 2.11. The van der Waals surface area contributed by atoms with Gasteiger partial charge in [0.05, 0.1) is 0 Å². The van der Waals surface area contributed by atoms with E-state index in [0.29, 0.717) is 17.2 Å². The molecular formula is C22H29N3O2. The average molecular weight is 367 g/mol. The Morgan fingerprint density at radius 2 is 1.26 bits per heavy atom. The molecule has 0 saturated carbocycles. The van der Waals surface area contributed by atoms with Crippen LogP contribution in [0.25, 0.3) is 0 Å². The summed E-state index contributed by atoms with van der Waals surface area (Å²) in [6.07, 6.45) is 0.918. The molecule has 0 radical (unpaired) electrons. The van der Waals surface area contributed by atoms with Crippen molar-refractivity contribution in [2.45, 2.75) is 46.7 Å². The van der Waals surface area contributed by atoms with Crippen LogP contribution in [0.3, 0.4) is 0 Å². The number of hydrazine groups is 1. The van der Waals surface area contributed by atoms with Gasteiger partial charge in [0.1, 0.15) is 0 Å². The molecule has 0 aliphatic heterocycles. The van der Waals surface area contributed by atoms with Crippen molar-refractivity contribution >= 4 is 11.8 Å². The zero-order chi connectivity index (χ0) is 19.8. The molecule has 0 aromatic heterocycles. The number of rotatable bonds is 7. The van der Waals surface area contributed by atoms with Gasteiger partial charge in [0.15, 0.2) is 0 Å². The Bertz CT molecular complexity index is 752. The summed E-state index contributed by atoms with van der Waals surface area (Å²) in [7, 11) is 0. The highest BCUT2D eigenvalue weighted by Crippen LogP contribution is 2.10. The van der Waals surface area contributed by atoms with Gasteiger partial charge in [-0.15, -0.1) is 0 Å². The molecular weight excluding hydrogens is 338 g/mol. The number of aryl methyl sites for hydroxylation is 1. The number of hydrogen-bond acceptors (Lipinski definition) is 3. The second-order valence-corrected chi connectivity index (χ2v) is 6.81. The first-order valence-electron chi connectivity index (χ1n) is 9.47. The minimum atomic E-state index is -0.337. The normalized spacial score (nSPS) is 10.9. The van der Waals surface area contributed by atoms with Crippen molar-refractivity contribution in [3.63, 3.8) is 0 Å². The van der Waals surface area contributed by atoms with E-state index in [2.05, 4.69) is 43.4 Å². The van der Waals surface area contributed by atoms with E-state index < -0.39 is 0 Å². The third-order valence-corrected chi connectivity index (χ3v) is 4.65. The molecule has 5 nitrogen and oxygen atoms in total. The smallest absolute Gasteiger partial charge is 0.269 e. The van der Waals surface area contributed by atoms with Crippen LogP contribution in [0.1, 0.15) is 59.5 Å². The first-order valence-corrected chi connectivity index (χ1v) is 9.47. The summed E-state index contributed by atoms with van der Waals surface area (Å²) in [6.45, 7) is 10.4. The topological polar surface area (TPSA) is 61.4 Å². The lowest BCUT2D eigenvalue weighted by atomic mass is 10.1. The molecule has 0 aliphatic carbocycles. The molecule has 0 atom stereocenters. The van der Waals surface area contributed by atoms with E-state index in [9.17, 15) is 9.59 Å². The van der Waals surface area contributed by atoms with Crippen molar-refractivity contribution in [2.24, 2.45) is 0 Å². The highest BCUT2D eigenvalue weighted by atomic mass is 16.2. The lowest BCUT2D eigenvalue weighted by Gasteiger charge is -2.24. The number of nitrogens with one attached hydrogen (secondary N) is 2. The number of carbonyl (C=O) groups excluding carboxylic acids is 2. The third-order valence-electron chi connectivity index (χ3n) is 4.65. The first-order chi connectivity index (χ1) is 12.9. The van der Waals surface area contributed by atoms with Crippen LogP contribution in [0.2, 0.25) is 0 Å². The summed E-state index contributed by atoms with van der Waals surface area (Å²) in [5.41, 5.74) is 8.26. The Kier molecular flexibility index (Phi) is 7.55. The van der Waals surface area contributed by atoms with Gasteiger partial charge in [-0.2, -0.15) is 0 Å². The van der Waals surface area contributed by atoms with Crippen molar-refractivity contribution in [3.05, 3.63) is 70.8 Å². The lowest BCUT2D eigenvalue weighted by Crippen LogP contribution is -2.41. The molecule has 2 rings (SSSR count). The van der Waals surface area contributed by atoms with Crippen molar-refractivity contribution < 1.29 is 9.59 Å². The van der Waals surface area contributed by atoms with E-state index in [1.54, 1.807) is 24.3 Å². The monoisotopic (exact) mass is 367 g/mol.